The fourth-order valence-corrected chi connectivity index (χ4v) is 4.42. The molecule has 2 heterocycles. The Hall–Kier alpha value is -4.25. The van der Waals surface area contributed by atoms with E-state index in [1.807, 2.05) is 60.7 Å². The molecule has 0 radical (unpaired) electrons. The van der Waals surface area contributed by atoms with Crippen LogP contribution in [-0.4, -0.2) is 19.1 Å². The third kappa shape index (κ3) is 3.48. The zero-order valence-corrected chi connectivity index (χ0v) is 17.9. The summed E-state index contributed by atoms with van der Waals surface area (Å²) in [7, 11) is 0. The van der Waals surface area contributed by atoms with Gasteiger partial charge in [0.1, 0.15) is 19.4 Å². The summed E-state index contributed by atoms with van der Waals surface area (Å²) in [5.41, 5.74) is 5.51. The van der Waals surface area contributed by atoms with E-state index in [2.05, 4.69) is 41.7 Å². The number of rotatable bonds is 3. The molecule has 2 aliphatic heterocycles. The first kappa shape index (κ1) is 19.4. The second-order valence-corrected chi connectivity index (χ2v) is 8.08. The zero-order valence-electron chi connectivity index (χ0n) is 17.9. The highest BCUT2D eigenvalue weighted by Crippen LogP contribution is 2.41. The molecule has 0 unspecified atom stereocenters. The molecule has 4 aromatic carbocycles. The minimum absolute atomic E-state index is 0.0573. The van der Waals surface area contributed by atoms with Crippen LogP contribution in [0.3, 0.4) is 0 Å². The van der Waals surface area contributed by atoms with Crippen molar-refractivity contribution in [2.45, 2.75) is 6.17 Å². The molecule has 0 saturated carbocycles. The van der Waals surface area contributed by atoms with Crippen LogP contribution in [0.15, 0.2) is 97.1 Å². The number of nitrogens with zero attached hydrogens (tertiary/aromatic N) is 1. The van der Waals surface area contributed by atoms with Crippen molar-refractivity contribution in [1.29, 1.82) is 0 Å². The van der Waals surface area contributed by atoms with Crippen molar-refractivity contribution < 1.29 is 14.3 Å². The van der Waals surface area contributed by atoms with Crippen LogP contribution in [-0.2, 0) is 0 Å². The van der Waals surface area contributed by atoms with E-state index in [1.54, 1.807) is 4.90 Å². The number of anilines is 2. The van der Waals surface area contributed by atoms with E-state index >= 15 is 0 Å². The summed E-state index contributed by atoms with van der Waals surface area (Å²) in [5, 5.41) is 3.56. The number of fused-ring (bicyclic) bond motifs is 2. The monoisotopic (exact) mass is 434 g/mol. The van der Waals surface area contributed by atoms with Crippen molar-refractivity contribution in [3.05, 3.63) is 108 Å². The number of hydrogen-bond acceptors (Lipinski definition) is 4. The fraction of sp³-hybridized carbons (Fsp3) is 0.107. The summed E-state index contributed by atoms with van der Waals surface area (Å²) in [5.74, 6) is 1.30. The molecule has 1 amide bonds. The van der Waals surface area contributed by atoms with Gasteiger partial charge in [-0.1, -0.05) is 66.7 Å². The van der Waals surface area contributed by atoms with Gasteiger partial charge in [-0.05, 0) is 41.0 Å². The second-order valence-electron chi connectivity index (χ2n) is 8.08. The summed E-state index contributed by atoms with van der Waals surface area (Å²) >= 11 is 0. The number of nitrogens with one attached hydrogen (secondary N) is 1. The highest BCUT2D eigenvalue weighted by molar-refractivity contribution is 6.12. The molecule has 1 N–H and O–H groups in total. The molecule has 0 bridgehead atoms. The van der Waals surface area contributed by atoms with E-state index in [9.17, 15) is 4.79 Å². The molecular weight excluding hydrogens is 412 g/mol. The molecular formula is C28H22N2O3. The SMILES string of the molecule is O=C1c2ccccc2N[C@@H](c2ccc(-c3ccccc3)cc2)N1c1ccc2c(c1)OCCO2. The lowest BCUT2D eigenvalue weighted by Gasteiger charge is -2.38. The van der Waals surface area contributed by atoms with E-state index in [4.69, 9.17) is 9.47 Å². The average Bonchev–Trinajstić information content (AvgIpc) is 2.89. The summed E-state index contributed by atoms with van der Waals surface area (Å²) < 4.78 is 11.5. The van der Waals surface area contributed by atoms with Gasteiger partial charge in [-0.15, -0.1) is 0 Å². The largest absolute Gasteiger partial charge is 0.486 e. The molecule has 0 fully saturated rings. The first-order valence-corrected chi connectivity index (χ1v) is 11.0. The molecule has 0 spiro atoms. The van der Waals surface area contributed by atoms with Gasteiger partial charge in [0.15, 0.2) is 11.5 Å². The maximum absolute atomic E-state index is 13.7. The lowest BCUT2D eigenvalue weighted by molar-refractivity contribution is 0.0974. The Labute approximate surface area is 192 Å². The Kier molecular flexibility index (Phi) is 4.73. The van der Waals surface area contributed by atoms with Gasteiger partial charge in [0.05, 0.1) is 11.3 Å². The molecule has 2 aliphatic rings. The molecule has 33 heavy (non-hydrogen) atoms. The van der Waals surface area contributed by atoms with E-state index in [-0.39, 0.29) is 12.1 Å². The lowest BCUT2D eigenvalue weighted by atomic mass is 9.99. The topological polar surface area (TPSA) is 50.8 Å². The summed E-state index contributed by atoms with van der Waals surface area (Å²) in [6.45, 7) is 1.02. The summed E-state index contributed by atoms with van der Waals surface area (Å²) in [6, 6.07) is 31.9. The van der Waals surface area contributed by atoms with Crippen molar-refractivity contribution in [2.24, 2.45) is 0 Å². The van der Waals surface area contributed by atoms with Gasteiger partial charge in [-0.25, -0.2) is 0 Å². The second kappa shape index (κ2) is 8.02. The summed E-state index contributed by atoms with van der Waals surface area (Å²) in [4.78, 5) is 15.5. The molecule has 0 aromatic heterocycles. The predicted molar refractivity (Wildman–Crippen MR) is 129 cm³/mol. The number of hydrogen-bond donors (Lipinski definition) is 1. The van der Waals surface area contributed by atoms with Crippen LogP contribution in [0.2, 0.25) is 0 Å². The van der Waals surface area contributed by atoms with E-state index in [0.717, 1.165) is 28.1 Å². The van der Waals surface area contributed by atoms with Crippen LogP contribution < -0.4 is 19.7 Å². The summed E-state index contributed by atoms with van der Waals surface area (Å²) in [6.07, 6.45) is -0.361. The molecule has 162 valence electrons. The van der Waals surface area contributed by atoms with Gasteiger partial charge in [0.2, 0.25) is 0 Å². The Morgan fingerprint density at radius 2 is 1.42 bits per heavy atom. The molecule has 0 aliphatic carbocycles. The Morgan fingerprint density at radius 1 is 0.727 bits per heavy atom. The minimum Gasteiger partial charge on any atom is -0.486 e. The number of amides is 1. The zero-order chi connectivity index (χ0) is 22.2. The van der Waals surface area contributed by atoms with Gasteiger partial charge >= 0.3 is 0 Å². The van der Waals surface area contributed by atoms with Crippen LogP contribution in [0.4, 0.5) is 11.4 Å². The lowest BCUT2D eigenvalue weighted by Crippen LogP contribution is -2.43. The minimum atomic E-state index is -0.361. The first-order chi connectivity index (χ1) is 16.3. The number of ether oxygens (including phenoxy) is 2. The highest BCUT2D eigenvalue weighted by Gasteiger charge is 2.34. The van der Waals surface area contributed by atoms with Crippen LogP contribution in [0.1, 0.15) is 22.1 Å². The first-order valence-electron chi connectivity index (χ1n) is 11.0. The van der Waals surface area contributed by atoms with Gasteiger partial charge in [0.25, 0.3) is 5.91 Å². The standard InChI is InChI=1S/C28H22N2O3/c31-28-23-8-4-5-9-24(23)29-27(21-12-10-20(11-13-21)19-6-2-1-3-7-19)30(28)22-14-15-25-26(18-22)33-17-16-32-25/h1-15,18,27,29H,16-17H2/t27-/m1/s1. The van der Waals surface area contributed by atoms with Crippen molar-refractivity contribution in [2.75, 3.05) is 23.4 Å². The van der Waals surface area contributed by atoms with Crippen LogP contribution >= 0.6 is 0 Å². The van der Waals surface area contributed by atoms with Crippen molar-refractivity contribution in [3.8, 4) is 22.6 Å². The average molecular weight is 434 g/mol. The number of carbonyl (C=O) groups is 1. The van der Waals surface area contributed by atoms with Gasteiger partial charge in [0, 0.05) is 11.8 Å². The molecule has 6 rings (SSSR count). The van der Waals surface area contributed by atoms with Gasteiger partial charge in [-0.3, -0.25) is 9.69 Å². The smallest absolute Gasteiger partial charge is 0.262 e. The maximum atomic E-state index is 13.7. The molecule has 1 atom stereocenters. The Morgan fingerprint density at radius 3 is 2.24 bits per heavy atom. The van der Waals surface area contributed by atoms with Crippen molar-refractivity contribution in [3.63, 3.8) is 0 Å². The highest BCUT2D eigenvalue weighted by atomic mass is 16.6. The molecule has 5 heteroatoms. The molecule has 4 aromatic rings. The third-order valence-electron chi connectivity index (χ3n) is 6.06. The van der Waals surface area contributed by atoms with Crippen LogP contribution in [0.25, 0.3) is 11.1 Å². The Bertz CT molecular complexity index is 1320. The quantitative estimate of drug-likeness (QED) is 0.436. The molecule has 5 nitrogen and oxygen atoms in total. The Balaban J connectivity index is 1.42. The van der Waals surface area contributed by atoms with Crippen molar-refractivity contribution in [1.82, 2.24) is 0 Å². The van der Waals surface area contributed by atoms with E-state index < -0.39 is 0 Å². The normalized spacial score (nSPS) is 16.7. The van der Waals surface area contributed by atoms with Crippen molar-refractivity contribution >= 4 is 17.3 Å². The molecule has 0 saturated heterocycles. The van der Waals surface area contributed by atoms with E-state index in [1.165, 1.54) is 0 Å². The predicted octanol–water partition coefficient (Wildman–Crippen LogP) is 5.90. The van der Waals surface area contributed by atoms with Crippen LogP contribution in [0.5, 0.6) is 11.5 Å². The van der Waals surface area contributed by atoms with E-state index in [0.29, 0.717) is 30.3 Å². The van der Waals surface area contributed by atoms with Crippen LogP contribution in [0, 0.1) is 0 Å². The number of para-hydroxylation sites is 1. The third-order valence-corrected chi connectivity index (χ3v) is 6.06. The fourth-order valence-electron chi connectivity index (χ4n) is 4.42. The van der Waals surface area contributed by atoms with Gasteiger partial charge < -0.3 is 14.8 Å². The number of benzene rings is 4. The van der Waals surface area contributed by atoms with Gasteiger partial charge in [-0.2, -0.15) is 0 Å². The number of carbonyl (C=O) groups excluding carboxylic acids is 1. The maximum Gasteiger partial charge on any atom is 0.262 e.